The molecule has 0 aromatic rings. The highest BCUT2D eigenvalue weighted by atomic mass is 32.3. The van der Waals surface area contributed by atoms with Crippen LogP contribution in [0, 0.1) is 10.1 Å². The first-order valence-corrected chi connectivity index (χ1v) is 4.08. The van der Waals surface area contributed by atoms with Crippen LogP contribution in [0.15, 0.2) is 0 Å². The van der Waals surface area contributed by atoms with Gasteiger partial charge in [-0.2, -0.15) is 8.42 Å². The molecule has 0 aromatic carbocycles. The highest BCUT2D eigenvalue weighted by Gasteiger charge is 1.84. The van der Waals surface area contributed by atoms with Gasteiger partial charge in [0.1, 0.15) is 0 Å². The van der Waals surface area contributed by atoms with E-state index in [1.165, 1.54) is 0 Å². The fourth-order valence-electron chi connectivity index (χ4n) is 0. The third-order valence-corrected chi connectivity index (χ3v) is 0. The second-order valence-electron chi connectivity index (χ2n) is 1.31. The zero-order valence-corrected chi connectivity index (χ0v) is 8.43. The molecule has 0 amide bonds. The molecule has 0 aromatic heterocycles. The summed E-state index contributed by atoms with van der Waals surface area (Å²) < 4.78 is 31.6. The average Bonchev–Trinajstić information content (AvgIpc) is 1.78. The van der Waals surface area contributed by atoms with Crippen molar-refractivity contribution in [2.75, 3.05) is 0 Å². The van der Waals surface area contributed by atoms with Gasteiger partial charge < -0.3 is 15.4 Å². The van der Waals surface area contributed by atoms with Gasteiger partial charge in [-0.1, -0.05) is 0 Å². The molecular formula is C3H9NO11S. The Morgan fingerprint density at radius 2 is 1.38 bits per heavy atom. The molecule has 16 heavy (non-hydrogen) atoms. The van der Waals surface area contributed by atoms with E-state index in [1.54, 1.807) is 0 Å². The Morgan fingerprint density at radius 1 is 1.38 bits per heavy atom. The van der Waals surface area contributed by atoms with Crippen molar-refractivity contribution in [3.63, 3.8) is 0 Å². The van der Waals surface area contributed by atoms with Crippen LogP contribution in [0.2, 0.25) is 0 Å². The largest absolute Gasteiger partial charge is 0.483 e. The summed E-state index contributed by atoms with van der Waals surface area (Å²) in [6, 6.07) is 0. The summed E-state index contributed by atoms with van der Waals surface area (Å²) in [5.41, 5.74) is 0. The van der Waals surface area contributed by atoms with E-state index < -0.39 is 21.5 Å². The molecule has 0 heterocycles. The maximum Gasteiger partial charge on any atom is 0.394 e. The first kappa shape index (κ1) is 23.7. The zero-order valence-electron chi connectivity index (χ0n) is 7.62. The third kappa shape index (κ3) is 368. The summed E-state index contributed by atoms with van der Waals surface area (Å²) in [6.07, 6.45) is 0. The Labute approximate surface area is 88.4 Å². The van der Waals surface area contributed by atoms with Gasteiger partial charge in [-0.3, -0.25) is 18.7 Å². The molecule has 0 saturated heterocycles. The summed E-state index contributed by atoms with van der Waals surface area (Å²) in [6.45, 7) is 0.833. The minimum Gasteiger partial charge on any atom is -0.483 e. The van der Waals surface area contributed by atoms with E-state index in [2.05, 4.69) is 0 Å². The SMILES string of the molecule is CC(=O)O.O=CO.O=S(=O)(O)O.O=[N+]([O-])O. The smallest absolute Gasteiger partial charge is 0.394 e. The highest BCUT2D eigenvalue weighted by molar-refractivity contribution is 7.79. The monoisotopic (exact) mass is 267 g/mol. The predicted octanol–water partition coefficient (Wildman–Crippen LogP) is -1.21. The van der Waals surface area contributed by atoms with Gasteiger partial charge >= 0.3 is 10.4 Å². The maximum atomic E-state index is 9.00. The molecule has 0 aliphatic carbocycles. The molecule has 0 bridgehead atoms. The molecule has 5 N–H and O–H groups in total. The van der Waals surface area contributed by atoms with E-state index in [9.17, 15) is 0 Å². The van der Waals surface area contributed by atoms with E-state index in [0.717, 1.165) is 6.92 Å². The molecule has 0 aliphatic rings. The van der Waals surface area contributed by atoms with E-state index >= 15 is 0 Å². The van der Waals surface area contributed by atoms with Crippen LogP contribution in [0.1, 0.15) is 6.92 Å². The van der Waals surface area contributed by atoms with Gasteiger partial charge in [-0.05, 0) is 0 Å². The van der Waals surface area contributed by atoms with Gasteiger partial charge in [0.2, 0.25) is 0 Å². The normalized spacial score (nSPS) is 7.44. The van der Waals surface area contributed by atoms with Crippen LogP contribution in [0.4, 0.5) is 0 Å². The average molecular weight is 267 g/mol. The molecule has 0 spiro atoms. The van der Waals surface area contributed by atoms with Crippen molar-refractivity contribution in [3.05, 3.63) is 10.1 Å². The van der Waals surface area contributed by atoms with Crippen molar-refractivity contribution in [3.8, 4) is 0 Å². The summed E-state index contributed by atoms with van der Waals surface area (Å²) in [5, 5.41) is 27.9. The van der Waals surface area contributed by atoms with Crippen molar-refractivity contribution in [1.29, 1.82) is 0 Å². The highest BCUT2D eigenvalue weighted by Crippen LogP contribution is 1.59. The summed E-state index contributed by atoms with van der Waals surface area (Å²) in [4.78, 5) is 25.7. The number of aliphatic carboxylic acids is 1. The molecule has 0 fully saturated rings. The molecule has 13 heteroatoms. The minimum atomic E-state index is -4.67. The van der Waals surface area contributed by atoms with Crippen molar-refractivity contribution in [1.82, 2.24) is 0 Å². The summed E-state index contributed by atoms with van der Waals surface area (Å²) >= 11 is 0. The van der Waals surface area contributed by atoms with Gasteiger partial charge in [0.05, 0.1) is 0 Å². The second-order valence-corrected chi connectivity index (χ2v) is 2.21. The lowest BCUT2D eigenvalue weighted by Gasteiger charge is -1.68. The van der Waals surface area contributed by atoms with Gasteiger partial charge in [-0.15, -0.1) is 10.1 Å². The molecular weight excluding hydrogens is 258 g/mol. The summed E-state index contributed by atoms with van der Waals surface area (Å²) in [5.74, 6) is -0.833. The van der Waals surface area contributed by atoms with Crippen molar-refractivity contribution < 1.29 is 47.6 Å². The lowest BCUT2D eigenvalue weighted by molar-refractivity contribution is -0.742. The molecule has 0 rings (SSSR count). The van der Waals surface area contributed by atoms with E-state index in [4.69, 9.17) is 52.6 Å². The van der Waals surface area contributed by atoms with Crippen LogP contribution in [-0.4, -0.2) is 50.5 Å². The first-order chi connectivity index (χ1) is 6.88. The quantitative estimate of drug-likeness (QED) is 0.152. The van der Waals surface area contributed by atoms with E-state index in [0.29, 0.717) is 0 Å². The molecule has 0 unspecified atom stereocenters. The Kier molecular flexibility index (Phi) is 22.9. The van der Waals surface area contributed by atoms with Gasteiger partial charge in [0.25, 0.3) is 17.5 Å². The van der Waals surface area contributed by atoms with Crippen LogP contribution in [-0.2, 0) is 20.0 Å². The third-order valence-electron chi connectivity index (χ3n) is 0. The fourth-order valence-corrected chi connectivity index (χ4v) is 0. The minimum absolute atomic E-state index is 0.250. The van der Waals surface area contributed by atoms with Crippen LogP contribution >= 0.6 is 0 Å². The molecule has 0 saturated carbocycles. The number of carbonyl (C=O) groups is 2. The number of nitrogens with zero attached hydrogens (tertiary/aromatic N) is 1. The number of carboxylic acid groups (broad SMARTS) is 2. The van der Waals surface area contributed by atoms with E-state index in [1.807, 2.05) is 0 Å². The number of hydrogen-bond acceptors (Lipinski definition) is 6. The maximum absolute atomic E-state index is 9.00. The molecule has 0 radical (unpaired) electrons. The van der Waals surface area contributed by atoms with Crippen LogP contribution < -0.4 is 0 Å². The van der Waals surface area contributed by atoms with E-state index in [-0.39, 0.29) is 6.47 Å². The first-order valence-electron chi connectivity index (χ1n) is 2.69. The standard InChI is InChI=1S/C2H4O2.CH2O2.HNO3.H2O4S/c1-2(3)4;2-1-3;2-1(3)4;1-5(2,3)4/h1H3,(H,3,4);1H,(H,2,3);(H,2,3,4);(H2,1,2,3,4). The number of carboxylic acids is 1. The summed E-state index contributed by atoms with van der Waals surface area (Å²) in [7, 11) is -4.67. The van der Waals surface area contributed by atoms with Gasteiger partial charge in [0, 0.05) is 6.92 Å². The second kappa shape index (κ2) is 15.5. The molecule has 0 aliphatic heterocycles. The lowest BCUT2D eigenvalue weighted by atomic mass is 10.9. The Morgan fingerprint density at radius 3 is 1.38 bits per heavy atom. The van der Waals surface area contributed by atoms with Gasteiger partial charge in [0.15, 0.2) is 0 Å². The van der Waals surface area contributed by atoms with Crippen LogP contribution in [0.3, 0.4) is 0 Å². The fraction of sp³-hybridized carbons (Fsp3) is 0.333. The Bertz CT molecular complexity index is 252. The molecule has 0 atom stereocenters. The Balaban J connectivity index is -0.0000000610. The van der Waals surface area contributed by atoms with Gasteiger partial charge in [-0.25, -0.2) is 0 Å². The molecule has 12 nitrogen and oxygen atoms in total. The Hall–Kier alpha value is -1.99. The molecule has 98 valence electrons. The number of rotatable bonds is 0. The van der Waals surface area contributed by atoms with Crippen molar-refractivity contribution in [2.45, 2.75) is 6.92 Å². The zero-order chi connectivity index (χ0) is 14.4. The topological polar surface area (TPSA) is 213 Å². The van der Waals surface area contributed by atoms with Crippen molar-refractivity contribution >= 4 is 22.8 Å². The lowest BCUT2D eigenvalue weighted by Crippen LogP contribution is -1.89. The predicted molar refractivity (Wildman–Crippen MR) is 45.0 cm³/mol. The van der Waals surface area contributed by atoms with Crippen molar-refractivity contribution in [2.24, 2.45) is 0 Å². The van der Waals surface area contributed by atoms with Crippen LogP contribution in [0.25, 0.3) is 0 Å². The number of hydrogen-bond donors (Lipinski definition) is 5. The van der Waals surface area contributed by atoms with Crippen LogP contribution in [0.5, 0.6) is 0 Å².